The maximum absolute atomic E-state index is 11.4. The van der Waals surface area contributed by atoms with Crippen LogP contribution in [0.1, 0.15) is 32.6 Å². The van der Waals surface area contributed by atoms with E-state index in [4.69, 9.17) is 6.42 Å². The average molecular weight is 208 g/mol. The molecule has 0 heterocycles. The van der Waals surface area contributed by atoms with Crippen LogP contribution in [0.15, 0.2) is 0 Å². The molecular weight excluding hydrogens is 188 g/mol. The third-order valence-corrected chi connectivity index (χ3v) is 2.69. The molecule has 0 aliphatic heterocycles. The topological polar surface area (TPSA) is 41.1 Å². The first kappa shape index (κ1) is 12.1. The lowest BCUT2D eigenvalue weighted by Crippen LogP contribution is -2.42. The van der Waals surface area contributed by atoms with Crippen LogP contribution < -0.4 is 10.6 Å². The van der Waals surface area contributed by atoms with Gasteiger partial charge < -0.3 is 10.6 Å². The van der Waals surface area contributed by atoms with Gasteiger partial charge in [0.1, 0.15) is 0 Å². The number of hydrogen-bond donors (Lipinski definition) is 2. The zero-order valence-electron chi connectivity index (χ0n) is 9.38. The second-order valence-corrected chi connectivity index (χ2v) is 4.18. The minimum absolute atomic E-state index is 0.0145. The lowest BCUT2D eigenvalue weighted by Gasteiger charge is -2.12. The maximum Gasteiger partial charge on any atom is 0.237 e. The van der Waals surface area contributed by atoms with Gasteiger partial charge in [0, 0.05) is 0 Å². The van der Waals surface area contributed by atoms with Crippen molar-refractivity contribution in [2.45, 2.75) is 38.6 Å². The van der Waals surface area contributed by atoms with E-state index in [1.54, 1.807) is 0 Å². The lowest BCUT2D eigenvalue weighted by molar-refractivity contribution is -0.122. The number of carbonyl (C=O) groups excluding carboxylic acids is 1. The highest BCUT2D eigenvalue weighted by Crippen LogP contribution is 2.33. The van der Waals surface area contributed by atoms with Crippen LogP contribution in [0.25, 0.3) is 0 Å². The smallest absolute Gasteiger partial charge is 0.237 e. The van der Waals surface area contributed by atoms with Crippen LogP contribution in [0.3, 0.4) is 0 Å². The number of nitrogens with one attached hydrogen (secondary N) is 2. The average Bonchev–Trinajstić information content (AvgIpc) is 3.04. The molecule has 1 rings (SSSR count). The Labute approximate surface area is 92.0 Å². The summed E-state index contributed by atoms with van der Waals surface area (Å²) in [5, 5.41) is 5.85. The third-order valence-electron chi connectivity index (χ3n) is 2.69. The Bertz CT molecular complexity index is 240. The molecule has 1 aliphatic rings. The van der Waals surface area contributed by atoms with Gasteiger partial charge in [0.25, 0.3) is 0 Å². The summed E-state index contributed by atoms with van der Waals surface area (Å²) in [4.78, 5) is 11.4. The Hall–Kier alpha value is -1.01. The lowest BCUT2D eigenvalue weighted by atomic mass is 10.2. The van der Waals surface area contributed by atoms with Gasteiger partial charge in [0.05, 0.1) is 12.6 Å². The SMILES string of the molecule is C#CCNC(=O)C(C)NCCCC1CC1. The Kier molecular flexibility index (Phi) is 5.20. The highest BCUT2D eigenvalue weighted by Gasteiger charge is 2.20. The van der Waals surface area contributed by atoms with E-state index >= 15 is 0 Å². The molecule has 0 aromatic rings. The largest absolute Gasteiger partial charge is 0.344 e. The van der Waals surface area contributed by atoms with Crippen molar-refractivity contribution >= 4 is 5.91 Å². The summed E-state index contributed by atoms with van der Waals surface area (Å²) in [6, 6.07) is -0.141. The van der Waals surface area contributed by atoms with E-state index < -0.39 is 0 Å². The number of terminal acetylenes is 1. The molecule has 1 fully saturated rings. The van der Waals surface area contributed by atoms with Crippen LogP contribution in [0.4, 0.5) is 0 Å². The Morgan fingerprint density at radius 3 is 2.93 bits per heavy atom. The molecule has 3 nitrogen and oxygen atoms in total. The van der Waals surface area contributed by atoms with Crippen LogP contribution in [0, 0.1) is 18.3 Å². The van der Waals surface area contributed by atoms with Crippen molar-refractivity contribution in [2.75, 3.05) is 13.1 Å². The third kappa shape index (κ3) is 5.44. The standard InChI is InChI=1S/C12H20N2O/c1-3-8-14-12(15)10(2)13-9-4-5-11-6-7-11/h1,10-11,13H,4-9H2,2H3,(H,14,15). The van der Waals surface area contributed by atoms with Gasteiger partial charge in [0.15, 0.2) is 0 Å². The van der Waals surface area contributed by atoms with E-state index in [-0.39, 0.29) is 11.9 Å². The predicted molar refractivity (Wildman–Crippen MR) is 61.3 cm³/mol. The Balaban J connectivity index is 1.98. The maximum atomic E-state index is 11.4. The summed E-state index contributed by atoms with van der Waals surface area (Å²) >= 11 is 0. The van der Waals surface area contributed by atoms with Crippen LogP contribution >= 0.6 is 0 Å². The fourth-order valence-electron chi connectivity index (χ4n) is 1.50. The van der Waals surface area contributed by atoms with Crippen LogP contribution in [-0.2, 0) is 4.79 Å². The summed E-state index contributed by atoms with van der Waals surface area (Å²) in [6.45, 7) is 3.09. The molecule has 1 unspecified atom stereocenters. The van der Waals surface area contributed by atoms with E-state index in [0.717, 1.165) is 18.9 Å². The summed E-state index contributed by atoms with van der Waals surface area (Å²) in [5.74, 6) is 3.34. The van der Waals surface area contributed by atoms with Crippen molar-refractivity contribution in [3.63, 3.8) is 0 Å². The van der Waals surface area contributed by atoms with E-state index in [9.17, 15) is 4.79 Å². The van der Waals surface area contributed by atoms with Crippen molar-refractivity contribution in [1.29, 1.82) is 0 Å². The van der Waals surface area contributed by atoms with Crippen LogP contribution in [0.5, 0.6) is 0 Å². The van der Waals surface area contributed by atoms with Crippen molar-refractivity contribution < 1.29 is 4.79 Å². The molecule has 1 atom stereocenters. The van der Waals surface area contributed by atoms with Crippen molar-refractivity contribution in [1.82, 2.24) is 10.6 Å². The number of carbonyl (C=O) groups is 1. The molecular formula is C12H20N2O. The molecule has 0 aromatic heterocycles. The Morgan fingerprint density at radius 2 is 2.33 bits per heavy atom. The van der Waals surface area contributed by atoms with Gasteiger partial charge in [-0.1, -0.05) is 18.8 Å². The van der Waals surface area contributed by atoms with E-state index in [0.29, 0.717) is 6.54 Å². The first-order chi connectivity index (χ1) is 7.24. The minimum atomic E-state index is -0.141. The zero-order chi connectivity index (χ0) is 11.1. The summed E-state index contributed by atoms with van der Waals surface area (Å²) in [5.41, 5.74) is 0. The van der Waals surface area contributed by atoms with E-state index in [1.165, 1.54) is 19.3 Å². The molecule has 2 N–H and O–H groups in total. The number of amides is 1. The van der Waals surface area contributed by atoms with Crippen molar-refractivity contribution in [2.24, 2.45) is 5.92 Å². The van der Waals surface area contributed by atoms with Gasteiger partial charge in [-0.15, -0.1) is 6.42 Å². The van der Waals surface area contributed by atoms with Gasteiger partial charge in [0.2, 0.25) is 5.91 Å². The molecule has 15 heavy (non-hydrogen) atoms. The zero-order valence-corrected chi connectivity index (χ0v) is 9.38. The molecule has 0 spiro atoms. The second kappa shape index (κ2) is 6.47. The molecule has 84 valence electrons. The highest BCUT2D eigenvalue weighted by atomic mass is 16.2. The first-order valence-corrected chi connectivity index (χ1v) is 5.68. The van der Waals surface area contributed by atoms with Crippen molar-refractivity contribution in [3.05, 3.63) is 0 Å². The van der Waals surface area contributed by atoms with Crippen LogP contribution in [0.2, 0.25) is 0 Å². The van der Waals surface area contributed by atoms with E-state index in [2.05, 4.69) is 16.6 Å². The molecule has 0 aromatic carbocycles. The fraction of sp³-hybridized carbons (Fsp3) is 0.750. The van der Waals surface area contributed by atoms with Crippen LogP contribution in [-0.4, -0.2) is 25.0 Å². The highest BCUT2D eigenvalue weighted by molar-refractivity contribution is 5.81. The number of hydrogen-bond acceptors (Lipinski definition) is 2. The van der Waals surface area contributed by atoms with Gasteiger partial charge in [-0.25, -0.2) is 0 Å². The van der Waals surface area contributed by atoms with Gasteiger partial charge in [-0.05, 0) is 32.2 Å². The summed E-state index contributed by atoms with van der Waals surface area (Å²) in [6.07, 6.45) is 10.3. The molecule has 1 aliphatic carbocycles. The second-order valence-electron chi connectivity index (χ2n) is 4.18. The van der Waals surface area contributed by atoms with Gasteiger partial charge in [-0.3, -0.25) is 4.79 Å². The van der Waals surface area contributed by atoms with E-state index in [1.807, 2.05) is 6.92 Å². The molecule has 0 radical (unpaired) electrons. The van der Waals surface area contributed by atoms with Gasteiger partial charge in [-0.2, -0.15) is 0 Å². The molecule has 1 saturated carbocycles. The monoisotopic (exact) mass is 208 g/mol. The quantitative estimate of drug-likeness (QED) is 0.482. The number of rotatable bonds is 7. The Morgan fingerprint density at radius 1 is 1.60 bits per heavy atom. The minimum Gasteiger partial charge on any atom is -0.344 e. The fourth-order valence-corrected chi connectivity index (χ4v) is 1.50. The predicted octanol–water partition coefficient (Wildman–Crippen LogP) is 0.904. The first-order valence-electron chi connectivity index (χ1n) is 5.68. The molecule has 1 amide bonds. The summed E-state index contributed by atoms with van der Waals surface area (Å²) in [7, 11) is 0. The summed E-state index contributed by atoms with van der Waals surface area (Å²) < 4.78 is 0. The van der Waals surface area contributed by atoms with Gasteiger partial charge >= 0.3 is 0 Å². The normalized spacial score (nSPS) is 16.8. The molecule has 3 heteroatoms. The molecule has 0 bridgehead atoms. The molecule has 0 saturated heterocycles. The van der Waals surface area contributed by atoms with Crippen molar-refractivity contribution in [3.8, 4) is 12.3 Å².